The molecule has 6 nitrogen and oxygen atoms in total. The van der Waals surface area contributed by atoms with Crippen molar-refractivity contribution in [1.29, 1.82) is 0 Å². The topological polar surface area (TPSA) is 71.7 Å². The summed E-state index contributed by atoms with van der Waals surface area (Å²) >= 11 is 0. The van der Waals surface area contributed by atoms with Gasteiger partial charge >= 0.3 is 6.09 Å². The van der Waals surface area contributed by atoms with Gasteiger partial charge < -0.3 is 20.3 Å². The van der Waals surface area contributed by atoms with E-state index in [9.17, 15) is 4.79 Å². The Morgan fingerprint density at radius 1 is 1.30 bits per heavy atom. The summed E-state index contributed by atoms with van der Waals surface area (Å²) in [6.07, 6.45) is 2.51. The highest BCUT2D eigenvalue weighted by Crippen LogP contribution is 2.19. The molecule has 0 spiro atoms. The van der Waals surface area contributed by atoms with Gasteiger partial charge in [-0.2, -0.15) is 0 Å². The van der Waals surface area contributed by atoms with E-state index >= 15 is 0 Å². The molecule has 6 heteroatoms. The van der Waals surface area contributed by atoms with E-state index in [1.165, 1.54) is 0 Å². The zero-order valence-electron chi connectivity index (χ0n) is 14.6. The minimum absolute atomic E-state index is 0.0422. The number of hydrogen-bond donors (Lipinski definition) is 1. The zero-order valence-corrected chi connectivity index (χ0v) is 14.6. The number of hydrogen-bond acceptors (Lipinski definition) is 5. The summed E-state index contributed by atoms with van der Waals surface area (Å²) in [5.74, 6) is 0.931. The van der Waals surface area contributed by atoms with Crippen LogP contribution in [0.2, 0.25) is 0 Å². The maximum absolute atomic E-state index is 12.1. The Kier molecular flexibility index (Phi) is 5.46. The monoisotopic (exact) mass is 320 g/mol. The van der Waals surface area contributed by atoms with Crippen molar-refractivity contribution in [2.24, 2.45) is 5.73 Å². The quantitative estimate of drug-likeness (QED) is 0.926. The Hall–Kier alpha value is -1.82. The van der Waals surface area contributed by atoms with Crippen molar-refractivity contribution in [2.75, 3.05) is 31.1 Å². The number of amides is 1. The Morgan fingerprint density at radius 2 is 1.96 bits per heavy atom. The third-order valence-corrected chi connectivity index (χ3v) is 3.89. The molecule has 2 rings (SSSR count). The molecule has 2 N–H and O–H groups in total. The molecular formula is C17H28N4O2. The van der Waals surface area contributed by atoms with Gasteiger partial charge in [-0.15, -0.1) is 0 Å². The number of nitrogens with two attached hydrogens (primary N) is 1. The highest BCUT2D eigenvalue weighted by atomic mass is 16.6. The Morgan fingerprint density at radius 3 is 2.43 bits per heavy atom. The summed E-state index contributed by atoms with van der Waals surface area (Å²) in [6, 6.07) is 4.09. The SMILES string of the molecule is CC[C@H](N)c1ccc(N2CCN(C(=O)OC(C)(C)C)CC2)nc1. The van der Waals surface area contributed by atoms with Gasteiger partial charge in [-0.1, -0.05) is 13.0 Å². The fourth-order valence-corrected chi connectivity index (χ4v) is 2.48. The minimum Gasteiger partial charge on any atom is -0.444 e. The Labute approximate surface area is 138 Å². The van der Waals surface area contributed by atoms with Crippen LogP contribution in [0.3, 0.4) is 0 Å². The van der Waals surface area contributed by atoms with Crippen LogP contribution in [0, 0.1) is 0 Å². The smallest absolute Gasteiger partial charge is 0.410 e. The summed E-state index contributed by atoms with van der Waals surface area (Å²) < 4.78 is 5.41. The van der Waals surface area contributed by atoms with Gasteiger partial charge in [0, 0.05) is 38.4 Å². The number of pyridine rings is 1. The van der Waals surface area contributed by atoms with Crippen LogP contribution in [0.25, 0.3) is 0 Å². The van der Waals surface area contributed by atoms with E-state index in [1.807, 2.05) is 39.1 Å². The second kappa shape index (κ2) is 7.17. The number of piperazine rings is 1. The normalized spacial score (nSPS) is 17.1. The van der Waals surface area contributed by atoms with Crippen molar-refractivity contribution in [3.8, 4) is 0 Å². The molecule has 2 heterocycles. The van der Waals surface area contributed by atoms with Gasteiger partial charge in [0.25, 0.3) is 0 Å². The molecule has 1 atom stereocenters. The van der Waals surface area contributed by atoms with Crippen molar-refractivity contribution in [3.63, 3.8) is 0 Å². The number of anilines is 1. The lowest BCUT2D eigenvalue weighted by Crippen LogP contribution is -2.50. The molecule has 0 aliphatic carbocycles. The zero-order chi connectivity index (χ0) is 17.0. The molecule has 0 unspecified atom stereocenters. The Bertz CT molecular complexity index is 516. The molecule has 1 aliphatic rings. The number of rotatable bonds is 3. The van der Waals surface area contributed by atoms with Gasteiger partial charge in [-0.05, 0) is 38.8 Å². The molecule has 0 bridgehead atoms. The molecule has 23 heavy (non-hydrogen) atoms. The number of aromatic nitrogens is 1. The van der Waals surface area contributed by atoms with E-state index in [0.717, 1.165) is 30.9 Å². The summed E-state index contributed by atoms with van der Waals surface area (Å²) in [5.41, 5.74) is 6.62. The molecule has 128 valence electrons. The van der Waals surface area contributed by atoms with Crippen LogP contribution >= 0.6 is 0 Å². The van der Waals surface area contributed by atoms with Crippen LogP contribution in [-0.2, 0) is 4.74 Å². The van der Waals surface area contributed by atoms with Gasteiger partial charge in [0.05, 0.1) is 0 Å². The summed E-state index contributed by atoms with van der Waals surface area (Å²) in [7, 11) is 0. The van der Waals surface area contributed by atoms with Gasteiger partial charge in [0.1, 0.15) is 11.4 Å². The van der Waals surface area contributed by atoms with Crippen LogP contribution in [0.15, 0.2) is 18.3 Å². The van der Waals surface area contributed by atoms with E-state index in [2.05, 4.69) is 16.8 Å². The van der Waals surface area contributed by atoms with Gasteiger partial charge in [-0.25, -0.2) is 9.78 Å². The highest BCUT2D eigenvalue weighted by molar-refractivity contribution is 5.68. The van der Waals surface area contributed by atoms with Crippen LogP contribution in [0.4, 0.5) is 10.6 Å². The van der Waals surface area contributed by atoms with Crippen molar-refractivity contribution in [2.45, 2.75) is 45.8 Å². The first kappa shape index (κ1) is 17.5. The summed E-state index contributed by atoms with van der Waals surface area (Å²) in [4.78, 5) is 20.5. The lowest BCUT2D eigenvalue weighted by molar-refractivity contribution is 0.0240. The molecule has 1 fully saturated rings. The summed E-state index contributed by atoms with van der Waals surface area (Å²) in [6.45, 7) is 10.5. The predicted molar refractivity (Wildman–Crippen MR) is 91.5 cm³/mol. The molecule has 0 aromatic carbocycles. The van der Waals surface area contributed by atoms with Crippen molar-refractivity contribution in [1.82, 2.24) is 9.88 Å². The maximum Gasteiger partial charge on any atom is 0.410 e. The largest absolute Gasteiger partial charge is 0.444 e. The van der Waals surface area contributed by atoms with Gasteiger partial charge in [-0.3, -0.25) is 0 Å². The lowest BCUT2D eigenvalue weighted by Gasteiger charge is -2.36. The average Bonchev–Trinajstić information content (AvgIpc) is 2.53. The average molecular weight is 320 g/mol. The summed E-state index contributed by atoms with van der Waals surface area (Å²) in [5, 5.41) is 0. The fourth-order valence-electron chi connectivity index (χ4n) is 2.48. The molecular weight excluding hydrogens is 292 g/mol. The third kappa shape index (κ3) is 4.82. The predicted octanol–water partition coefficient (Wildman–Crippen LogP) is 2.55. The van der Waals surface area contributed by atoms with Gasteiger partial charge in [0.2, 0.25) is 0 Å². The first-order valence-corrected chi connectivity index (χ1v) is 8.24. The van der Waals surface area contributed by atoms with E-state index in [4.69, 9.17) is 10.5 Å². The van der Waals surface area contributed by atoms with E-state index < -0.39 is 5.60 Å². The number of ether oxygens (including phenoxy) is 1. The molecule has 1 saturated heterocycles. The number of nitrogens with zero attached hydrogens (tertiary/aromatic N) is 3. The number of carbonyl (C=O) groups excluding carboxylic acids is 1. The molecule has 0 radical (unpaired) electrons. The van der Waals surface area contributed by atoms with Crippen LogP contribution in [-0.4, -0.2) is 47.8 Å². The third-order valence-electron chi connectivity index (χ3n) is 3.89. The van der Waals surface area contributed by atoms with Crippen molar-refractivity contribution >= 4 is 11.9 Å². The molecule has 1 aromatic heterocycles. The number of carbonyl (C=O) groups is 1. The first-order valence-electron chi connectivity index (χ1n) is 8.24. The minimum atomic E-state index is -0.455. The maximum atomic E-state index is 12.1. The fraction of sp³-hybridized carbons (Fsp3) is 0.647. The first-order chi connectivity index (χ1) is 10.8. The van der Waals surface area contributed by atoms with Crippen molar-refractivity contribution in [3.05, 3.63) is 23.9 Å². The van der Waals surface area contributed by atoms with E-state index in [-0.39, 0.29) is 12.1 Å². The van der Waals surface area contributed by atoms with Crippen molar-refractivity contribution < 1.29 is 9.53 Å². The van der Waals surface area contributed by atoms with E-state index in [0.29, 0.717) is 13.1 Å². The molecule has 0 saturated carbocycles. The highest BCUT2D eigenvalue weighted by Gasteiger charge is 2.26. The molecule has 1 amide bonds. The molecule has 1 aliphatic heterocycles. The van der Waals surface area contributed by atoms with Gasteiger partial charge in [0.15, 0.2) is 0 Å². The second-order valence-corrected chi connectivity index (χ2v) is 6.92. The molecule has 1 aromatic rings. The Balaban J connectivity index is 1.90. The van der Waals surface area contributed by atoms with E-state index in [1.54, 1.807) is 4.90 Å². The standard InChI is InChI=1S/C17H28N4O2/c1-5-14(18)13-6-7-15(19-12-13)20-8-10-21(11-9-20)16(22)23-17(2,3)4/h6-7,12,14H,5,8-11,18H2,1-4H3/t14-/m0/s1. The second-order valence-electron chi connectivity index (χ2n) is 6.92. The lowest BCUT2D eigenvalue weighted by atomic mass is 10.1. The van der Waals surface area contributed by atoms with Crippen LogP contribution in [0.5, 0.6) is 0 Å². The van der Waals surface area contributed by atoms with Crippen LogP contribution in [0.1, 0.15) is 45.7 Å². The van der Waals surface area contributed by atoms with Crippen LogP contribution < -0.4 is 10.6 Å².